The fraction of sp³-hybridized carbons (Fsp3) is 0.188. The van der Waals surface area contributed by atoms with Gasteiger partial charge in [-0.25, -0.2) is 9.37 Å². The zero-order chi connectivity index (χ0) is 14.1. The molecule has 0 saturated carbocycles. The lowest BCUT2D eigenvalue weighted by Gasteiger charge is -2.14. The first-order valence-electron chi connectivity index (χ1n) is 6.56. The van der Waals surface area contributed by atoms with Gasteiger partial charge in [-0.15, -0.1) is 0 Å². The average Bonchev–Trinajstić information content (AvgIpc) is 2.85. The number of hydrogen-bond donors (Lipinski definition) is 1. The minimum absolute atomic E-state index is 0.214. The summed E-state index contributed by atoms with van der Waals surface area (Å²) in [5.74, 6) is -0.214. The van der Waals surface area contributed by atoms with E-state index in [4.69, 9.17) is 5.73 Å². The minimum Gasteiger partial charge on any atom is -0.329 e. The first-order chi connectivity index (χ1) is 9.65. The van der Waals surface area contributed by atoms with E-state index in [-0.39, 0.29) is 11.9 Å². The number of fused-ring (bicyclic) bond motifs is 1. The zero-order valence-corrected chi connectivity index (χ0v) is 11.3. The molecule has 3 aromatic rings. The highest BCUT2D eigenvalue weighted by atomic mass is 19.1. The van der Waals surface area contributed by atoms with Crippen LogP contribution in [0.1, 0.15) is 17.2 Å². The van der Waals surface area contributed by atoms with E-state index in [0.717, 1.165) is 16.6 Å². The van der Waals surface area contributed by atoms with Crippen molar-refractivity contribution in [2.24, 2.45) is 5.73 Å². The molecule has 1 unspecified atom stereocenters. The number of para-hydroxylation sites is 2. The lowest BCUT2D eigenvalue weighted by atomic mass is 10.1. The molecular formula is C16H16FN3. The summed E-state index contributed by atoms with van der Waals surface area (Å²) in [6, 6.07) is 12.8. The smallest absolute Gasteiger partial charge is 0.126 e. The number of nitrogens with zero attached hydrogens (tertiary/aromatic N) is 2. The average molecular weight is 269 g/mol. The summed E-state index contributed by atoms with van der Waals surface area (Å²) in [7, 11) is 0. The molecule has 0 amide bonds. The van der Waals surface area contributed by atoms with Crippen LogP contribution in [0.15, 0.2) is 48.8 Å². The number of benzene rings is 2. The predicted octanol–water partition coefficient (Wildman–Crippen LogP) is 3.18. The van der Waals surface area contributed by atoms with Crippen LogP contribution in [0.25, 0.3) is 11.0 Å². The number of hydrogen-bond acceptors (Lipinski definition) is 2. The number of aromatic nitrogens is 2. The van der Waals surface area contributed by atoms with Crippen LogP contribution in [0.3, 0.4) is 0 Å². The topological polar surface area (TPSA) is 43.8 Å². The van der Waals surface area contributed by atoms with Gasteiger partial charge in [0.15, 0.2) is 0 Å². The van der Waals surface area contributed by atoms with E-state index in [0.29, 0.717) is 12.1 Å². The van der Waals surface area contributed by atoms with Crippen molar-refractivity contribution in [2.75, 3.05) is 0 Å². The third-order valence-corrected chi connectivity index (χ3v) is 3.54. The van der Waals surface area contributed by atoms with Crippen LogP contribution in [-0.4, -0.2) is 9.55 Å². The van der Waals surface area contributed by atoms with E-state index in [2.05, 4.69) is 4.98 Å². The van der Waals surface area contributed by atoms with Gasteiger partial charge in [-0.1, -0.05) is 24.3 Å². The Morgan fingerprint density at radius 1 is 1.25 bits per heavy atom. The monoisotopic (exact) mass is 269 g/mol. The molecule has 0 fully saturated rings. The van der Waals surface area contributed by atoms with Crippen molar-refractivity contribution in [1.29, 1.82) is 0 Å². The number of nitrogens with two attached hydrogens (primary N) is 1. The van der Waals surface area contributed by atoms with E-state index in [1.165, 1.54) is 6.07 Å². The van der Waals surface area contributed by atoms with Gasteiger partial charge in [0.25, 0.3) is 0 Å². The molecule has 3 rings (SSSR count). The van der Waals surface area contributed by atoms with Crippen LogP contribution < -0.4 is 5.73 Å². The second kappa shape index (κ2) is 5.06. The van der Waals surface area contributed by atoms with Crippen LogP contribution in [0, 0.1) is 12.7 Å². The van der Waals surface area contributed by atoms with Crippen molar-refractivity contribution >= 4 is 11.0 Å². The Morgan fingerprint density at radius 3 is 2.85 bits per heavy atom. The highest BCUT2D eigenvalue weighted by Gasteiger charge is 2.11. The Kier molecular flexibility index (Phi) is 3.24. The molecule has 20 heavy (non-hydrogen) atoms. The van der Waals surface area contributed by atoms with Crippen LogP contribution in [0.2, 0.25) is 0 Å². The largest absolute Gasteiger partial charge is 0.329 e. The lowest BCUT2D eigenvalue weighted by molar-refractivity contribution is 0.574. The van der Waals surface area contributed by atoms with Gasteiger partial charge in [-0.05, 0) is 36.2 Å². The molecule has 102 valence electrons. The van der Waals surface area contributed by atoms with E-state index in [1.54, 1.807) is 19.3 Å². The molecule has 4 heteroatoms. The molecule has 2 aromatic carbocycles. The molecule has 1 heterocycles. The lowest BCUT2D eigenvalue weighted by Crippen LogP contribution is -2.17. The summed E-state index contributed by atoms with van der Waals surface area (Å²) >= 11 is 0. The first-order valence-corrected chi connectivity index (χ1v) is 6.56. The molecule has 0 saturated heterocycles. The Balaban J connectivity index is 1.88. The predicted molar refractivity (Wildman–Crippen MR) is 77.8 cm³/mol. The highest BCUT2D eigenvalue weighted by Crippen LogP contribution is 2.19. The Morgan fingerprint density at radius 2 is 2.05 bits per heavy atom. The highest BCUT2D eigenvalue weighted by molar-refractivity contribution is 5.74. The number of imidazole rings is 1. The van der Waals surface area contributed by atoms with Gasteiger partial charge in [0, 0.05) is 12.6 Å². The van der Waals surface area contributed by atoms with Crippen molar-refractivity contribution in [3.05, 3.63) is 65.7 Å². The molecule has 3 nitrogen and oxygen atoms in total. The summed E-state index contributed by atoms with van der Waals surface area (Å²) in [5.41, 5.74) is 9.59. The second-order valence-corrected chi connectivity index (χ2v) is 5.00. The molecule has 0 radical (unpaired) electrons. The van der Waals surface area contributed by atoms with Crippen molar-refractivity contribution in [1.82, 2.24) is 9.55 Å². The summed E-state index contributed by atoms with van der Waals surface area (Å²) in [4.78, 5) is 4.33. The Bertz CT molecular complexity index is 748. The third kappa shape index (κ3) is 2.30. The van der Waals surface area contributed by atoms with Crippen molar-refractivity contribution in [3.63, 3.8) is 0 Å². The molecule has 0 bridgehead atoms. The first kappa shape index (κ1) is 12.8. The van der Waals surface area contributed by atoms with Crippen molar-refractivity contribution in [3.8, 4) is 0 Å². The fourth-order valence-electron chi connectivity index (χ4n) is 2.31. The van der Waals surface area contributed by atoms with E-state index >= 15 is 0 Å². The number of halogens is 1. The van der Waals surface area contributed by atoms with Gasteiger partial charge in [-0.3, -0.25) is 0 Å². The molecule has 1 aromatic heterocycles. The van der Waals surface area contributed by atoms with Crippen molar-refractivity contribution in [2.45, 2.75) is 19.5 Å². The molecular weight excluding hydrogens is 253 g/mol. The standard InChI is InChI=1S/C16H16FN3/c1-11-6-7-12(8-13(11)17)14(18)9-20-10-19-15-4-2-3-5-16(15)20/h2-8,10,14H,9,18H2,1H3. The van der Waals surface area contributed by atoms with Gasteiger partial charge in [0.05, 0.1) is 17.4 Å². The minimum atomic E-state index is -0.261. The van der Waals surface area contributed by atoms with Crippen LogP contribution in [0.5, 0.6) is 0 Å². The molecule has 0 aliphatic carbocycles. The van der Waals surface area contributed by atoms with Crippen molar-refractivity contribution < 1.29 is 4.39 Å². The van der Waals surface area contributed by atoms with E-state index < -0.39 is 0 Å². The van der Waals surface area contributed by atoms with Crippen LogP contribution in [0.4, 0.5) is 4.39 Å². The number of rotatable bonds is 3. The molecule has 2 N–H and O–H groups in total. The summed E-state index contributed by atoms with van der Waals surface area (Å²) in [6.07, 6.45) is 1.77. The van der Waals surface area contributed by atoms with Gasteiger partial charge < -0.3 is 10.3 Å². The molecule has 0 aliphatic heterocycles. The van der Waals surface area contributed by atoms with E-state index in [9.17, 15) is 4.39 Å². The summed E-state index contributed by atoms with van der Waals surface area (Å²) in [5, 5.41) is 0. The fourth-order valence-corrected chi connectivity index (χ4v) is 2.31. The van der Waals surface area contributed by atoms with Gasteiger partial charge >= 0.3 is 0 Å². The van der Waals surface area contributed by atoms with Gasteiger partial charge in [0.2, 0.25) is 0 Å². The Labute approximate surface area is 116 Å². The summed E-state index contributed by atoms with van der Waals surface area (Å²) < 4.78 is 15.6. The number of aryl methyl sites for hydroxylation is 1. The van der Waals surface area contributed by atoms with Gasteiger partial charge in [-0.2, -0.15) is 0 Å². The van der Waals surface area contributed by atoms with Crippen LogP contribution >= 0.6 is 0 Å². The normalized spacial score (nSPS) is 12.8. The molecule has 0 aliphatic rings. The maximum Gasteiger partial charge on any atom is 0.126 e. The maximum atomic E-state index is 13.6. The third-order valence-electron chi connectivity index (χ3n) is 3.54. The SMILES string of the molecule is Cc1ccc(C(N)Cn2cnc3ccccc32)cc1F. The quantitative estimate of drug-likeness (QED) is 0.793. The second-order valence-electron chi connectivity index (χ2n) is 5.00. The van der Waals surface area contributed by atoms with Gasteiger partial charge in [0.1, 0.15) is 5.82 Å². The maximum absolute atomic E-state index is 13.6. The molecule has 0 spiro atoms. The summed E-state index contributed by atoms with van der Waals surface area (Å²) in [6.45, 7) is 2.32. The zero-order valence-electron chi connectivity index (χ0n) is 11.3. The van der Waals surface area contributed by atoms with Crippen LogP contribution in [-0.2, 0) is 6.54 Å². The molecule has 1 atom stereocenters. The Hall–Kier alpha value is -2.20. The van der Waals surface area contributed by atoms with E-state index in [1.807, 2.05) is 34.9 Å².